The van der Waals surface area contributed by atoms with E-state index in [1.165, 1.54) is 12.6 Å². The number of anilines is 5. The van der Waals surface area contributed by atoms with Gasteiger partial charge in [-0.05, 0) is 51.3 Å². The SMILES string of the molecule is COCCN(C)C1CCN(c2cc(NC=O)c(Nc3ncc(C#N)c(NC4CCC4)n3)cc2Cl)CC1. The highest BCUT2D eigenvalue weighted by atomic mass is 35.5. The number of amides is 1. The lowest BCUT2D eigenvalue weighted by Crippen LogP contribution is -2.44. The number of nitriles is 1. The zero-order valence-corrected chi connectivity index (χ0v) is 21.5. The second-order valence-corrected chi connectivity index (χ2v) is 9.68. The fraction of sp³-hybridized carbons (Fsp3) is 0.520. The molecular formula is C25H33ClN8O2. The molecule has 2 heterocycles. The number of rotatable bonds is 11. The summed E-state index contributed by atoms with van der Waals surface area (Å²) in [6, 6.07) is 6.62. The number of methoxy groups -OCH3 is 1. The lowest BCUT2D eigenvalue weighted by Gasteiger charge is -2.38. The van der Waals surface area contributed by atoms with Gasteiger partial charge in [0.1, 0.15) is 17.5 Å². The van der Waals surface area contributed by atoms with E-state index in [9.17, 15) is 10.1 Å². The number of benzene rings is 1. The van der Waals surface area contributed by atoms with Crippen LogP contribution >= 0.6 is 11.6 Å². The molecule has 0 unspecified atom stereocenters. The third-order valence-electron chi connectivity index (χ3n) is 6.98. The highest BCUT2D eigenvalue weighted by Gasteiger charge is 2.25. The number of nitrogens with one attached hydrogen (secondary N) is 3. The minimum Gasteiger partial charge on any atom is -0.383 e. The van der Waals surface area contributed by atoms with Gasteiger partial charge in [0, 0.05) is 38.8 Å². The molecule has 3 N–H and O–H groups in total. The summed E-state index contributed by atoms with van der Waals surface area (Å²) in [5, 5.41) is 19.2. The number of piperidine rings is 1. The molecule has 4 rings (SSSR count). The minimum absolute atomic E-state index is 0.313. The fourth-order valence-electron chi connectivity index (χ4n) is 4.56. The smallest absolute Gasteiger partial charge is 0.229 e. The van der Waals surface area contributed by atoms with Crippen molar-refractivity contribution < 1.29 is 9.53 Å². The molecule has 0 radical (unpaired) electrons. The van der Waals surface area contributed by atoms with Crippen LogP contribution in [0.1, 0.15) is 37.7 Å². The standard InChI is InChI=1S/C25H33ClN8O2/c1-33(10-11-36-2)19-6-8-34(9-7-19)23-13-21(29-16-35)22(12-20(23)26)31-25-28-15-17(14-27)24(32-25)30-18-4-3-5-18/h12-13,15-16,18-19H,3-11H2,1-2H3,(H,29,35)(H2,28,30,31,32). The van der Waals surface area contributed by atoms with Crippen LogP contribution in [0.3, 0.4) is 0 Å². The fourth-order valence-corrected chi connectivity index (χ4v) is 4.84. The van der Waals surface area contributed by atoms with Crippen LogP contribution in [0.15, 0.2) is 18.3 Å². The molecule has 1 aliphatic heterocycles. The number of nitrogens with zero attached hydrogens (tertiary/aromatic N) is 5. The van der Waals surface area contributed by atoms with E-state index < -0.39 is 0 Å². The van der Waals surface area contributed by atoms with Crippen LogP contribution in [0, 0.1) is 11.3 Å². The summed E-state index contributed by atoms with van der Waals surface area (Å²) in [5.41, 5.74) is 2.41. The molecule has 1 amide bonds. The maximum atomic E-state index is 11.4. The van der Waals surface area contributed by atoms with Crippen molar-refractivity contribution in [3.63, 3.8) is 0 Å². The molecule has 1 aliphatic carbocycles. The predicted octanol–water partition coefficient (Wildman–Crippen LogP) is 3.82. The van der Waals surface area contributed by atoms with E-state index in [1.54, 1.807) is 13.2 Å². The largest absolute Gasteiger partial charge is 0.383 e. The Kier molecular flexibility index (Phi) is 8.80. The van der Waals surface area contributed by atoms with Crippen LogP contribution in [-0.4, -0.2) is 73.8 Å². The zero-order valence-electron chi connectivity index (χ0n) is 20.8. The third kappa shape index (κ3) is 6.16. The van der Waals surface area contributed by atoms with Crippen molar-refractivity contribution in [3.05, 3.63) is 28.9 Å². The van der Waals surface area contributed by atoms with Gasteiger partial charge < -0.3 is 30.5 Å². The third-order valence-corrected chi connectivity index (χ3v) is 7.28. The van der Waals surface area contributed by atoms with Crippen LogP contribution in [0.25, 0.3) is 0 Å². The summed E-state index contributed by atoms with van der Waals surface area (Å²) in [5.74, 6) is 0.819. The summed E-state index contributed by atoms with van der Waals surface area (Å²) in [6.45, 7) is 3.36. The number of hydrogen-bond donors (Lipinski definition) is 3. The van der Waals surface area contributed by atoms with Gasteiger partial charge in [-0.2, -0.15) is 10.2 Å². The average molecular weight is 513 g/mol. The van der Waals surface area contributed by atoms with E-state index in [4.69, 9.17) is 16.3 Å². The maximum Gasteiger partial charge on any atom is 0.229 e. The Morgan fingerprint density at radius 1 is 1.28 bits per heavy atom. The van der Waals surface area contributed by atoms with Crippen molar-refractivity contribution in [2.75, 3.05) is 61.2 Å². The molecule has 2 aliphatic rings. The first kappa shape index (κ1) is 25.9. The molecule has 0 spiro atoms. The first-order valence-electron chi connectivity index (χ1n) is 12.3. The molecule has 11 heteroatoms. The second-order valence-electron chi connectivity index (χ2n) is 9.27. The normalized spacial score (nSPS) is 16.4. The predicted molar refractivity (Wildman–Crippen MR) is 142 cm³/mol. The Bertz CT molecular complexity index is 1100. The van der Waals surface area contributed by atoms with Gasteiger partial charge in [-0.25, -0.2) is 4.98 Å². The molecule has 36 heavy (non-hydrogen) atoms. The summed E-state index contributed by atoms with van der Waals surface area (Å²) in [6.07, 6.45) is 7.45. The number of hydrogen-bond acceptors (Lipinski definition) is 9. The number of aromatic nitrogens is 2. The lowest BCUT2D eigenvalue weighted by molar-refractivity contribution is -0.105. The van der Waals surface area contributed by atoms with Gasteiger partial charge in [0.2, 0.25) is 12.4 Å². The quantitative estimate of drug-likeness (QED) is 0.386. The lowest BCUT2D eigenvalue weighted by atomic mass is 9.93. The summed E-state index contributed by atoms with van der Waals surface area (Å²) in [7, 11) is 3.86. The molecule has 1 saturated heterocycles. The van der Waals surface area contributed by atoms with Crippen molar-refractivity contribution in [1.82, 2.24) is 14.9 Å². The van der Waals surface area contributed by atoms with Gasteiger partial charge in [-0.15, -0.1) is 0 Å². The van der Waals surface area contributed by atoms with E-state index >= 15 is 0 Å². The van der Waals surface area contributed by atoms with E-state index in [-0.39, 0.29) is 0 Å². The molecule has 2 aromatic rings. The van der Waals surface area contributed by atoms with Gasteiger partial charge in [-0.1, -0.05) is 11.6 Å². The topological polar surface area (TPSA) is 118 Å². The first-order valence-corrected chi connectivity index (χ1v) is 12.7. The van der Waals surface area contributed by atoms with Crippen LogP contribution < -0.4 is 20.9 Å². The summed E-state index contributed by atoms with van der Waals surface area (Å²) in [4.78, 5) is 24.8. The monoisotopic (exact) mass is 512 g/mol. The second kappa shape index (κ2) is 12.2. The number of halogens is 1. The van der Waals surface area contributed by atoms with Gasteiger partial charge in [0.05, 0.1) is 34.9 Å². The van der Waals surface area contributed by atoms with Crippen molar-refractivity contribution in [3.8, 4) is 6.07 Å². The van der Waals surface area contributed by atoms with Gasteiger partial charge >= 0.3 is 0 Å². The van der Waals surface area contributed by atoms with E-state index in [0.29, 0.717) is 52.2 Å². The first-order chi connectivity index (χ1) is 17.5. The van der Waals surface area contributed by atoms with Crippen LogP contribution in [-0.2, 0) is 9.53 Å². The Balaban J connectivity index is 1.50. The molecule has 1 saturated carbocycles. The van der Waals surface area contributed by atoms with Crippen LogP contribution in [0.4, 0.5) is 28.8 Å². The summed E-state index contributed by atoms with van der Waals surface area (Å²) >= 11 is 6.72. The Morgan fingerprint density at radius 2 is 2.06 bits per heavy atom. The van der Waals surface area contributed by atoms with Crippen molar-refractivity contribution in [2.45, 2.75) is 44.2 Å². The Morgan fingerprint density at radius 3 is 2.69 bits per heavy atom. The molecule has 1 aromatic heterocycles. The van der Waals surface area contributed by atoms with Gasteiger partial charge in [0.25, 0.3) is 0 Å². The van der Waals surface area contributed by atoms with E-state index in [1.807, 2.05) is 6.07 Å². The van der Waals surface area contributed by atoms with Crippen molar-refractivity contribution in [2.24, 2.45) is 0 Å². The number of carbonyl (C=O) groups excluding carboxylic acids is 1. The van der Waals surface area contributed by atoms with Crippen molar-refractivity contribution >= 4 is 46.8 Å². The molecular weight excluding hydrogens is 480 g/mol. The van der Waals surface area contributed by atoms with Crippen molar-refractivity contribution in [1.29, 1.82) is 5.26 Å². The number of ether oxygens (including phenoxy) is 1. The molecule has 0 atom stereocenters. The average Bonchev–Trinajstić information content (AvgIpc) is 2.86. The van der Waals surface area contributed by atoms with E-state index in [0.717, 1.165) is 57.6 Å². The van der Waals surface area contributed by atoms with E-state index in [2.05, 4.69) is 48.8 Å². The van der Waals surface area contributed by atoms with Crippen LogP contribution in [0.2, 0.25) is 5.02 Å². The maximum absolute atomic E-state index is 11.4. The van der Waals surface area contributed by atoms with Crippen LogP contribution in [0.5, 0.6) is 0 Å². The Labute approximate surface area is 217 Å². The van der Waals surface area contributed by atoms with Gasteiger partial charge in [0.15, 0.2) is 0 Å². The molecule has 10 nitrogen and oxygen atoms in total. The highest BCUT2D eigenvalue weighted by molar-refractivity contribution is 6.34. The number of likely N-dealkylation sites (N-methyl/N-ethyl adjacent to an activating group) is 1. The summed E-state index contributed by atoms with van der Waals surface area (Å²) < 4.78 is 5.20. The zero-order chi connectivity index (χ0) is 25.5. The molecule has 2 fully saturated rings. The highest BCUT2D eigenvalue weighted by Crippen LogP contribution is 2.37. The number of carbonyl (C=O) groups is 1. The van der Waals surface area contributed by atoms with Gasteiger partial charge in [-0.3, -0.25) is 4.79 Å². The molecule has 1 aromatic carbocycles. The minimum atomic E-state index is 0.313. The molecule has 192 valence electrons. The molecule has 0 bridgehead atoms. The Hall–Kier alpha value is -3.13.